The first-order valence-electron chi connectivity index (χ1n) is 10.0. The number of carbonyl (C=O) groups is 2. The van der Waals surface area contributed by atoms with Crippen LogP contribution in [0.3, 0.4) is 0 Å². The largest absolute Gasteiger partial charge is 0.496 e. The molecule has 2 amide bonds. The van der Waals surface area contributed by atoms with E-state index < -0.39 is 29.1 Å². The molecule has 2 aromatic carbocycles. The lowest BCUT2D eigenvalue weighted by Crippen LogP contribution is -2.40. The number of para-hydroxylation sites is 1. The molecule has 2 heterocycles. The maximum atomic E-state index is 14.5. The highest BCUT2D eigenvalue weighted by Crippen LogP contribution is 2.40. The Balaban J connectivity index is 1.88. The van der Waals surface area contributed by atoms with Gasteiger partial charge in [-0.1, -0.05) is 18.2 Å². The van der Waals surface area contributed by atoms with Crippen molar-refractivity contribution < 1.29 is 28.2 Å². The molecule has 1 saturated heterocycles. The third-order valence-corrected chi connectivity index (χ3v) is 5.68. The molecule has 0 bridgehead atoms. The lowest BCUT2D eigenvalue weighted by molar-refractivity contribution is -0.121. The number of ether oxygens (including phenoxy) is 1. The van der Waals surface area contributed by atoms with Gasteiger partial charge >= 0.3 is 0 Å². The number of carbonyl (C=O) groups excluding carboxylic acids is 2. The molecule has 31 heavy (non-hydrogen) atoms. The second-order valence-corrected chi connectivity index (χ2v) is 7.60. The molecule has 2 aliphatic rings. The van der Waals surface area contributed by atoms with Crippen LogP contribution in [0.4, 0.5) is 14.5 Å². The molecule has 0 radical (unpaired) electrons. The topological polar surface area (TPSA) is 70.1 Å². The highest BCUT2D eigenvalue weighted by molar-refractivity contribution is 6.45. The number of piperidine rings is 1. The average molecular weight is 428 g/mol. The number of aliphatic hydroxyl groups excluding tert-OH is 1. The molecular weight excluding hydrogens is 406 g/mol. The van der Waals surface area contributed by atoms with Crippen LogP contribution >= 0.6 is 0 Å². The summed E-state index contributed by atoms with van der Waals surface area (Å²) < 4.78 is 33.8. The van der Waals surface area contributed by atoms with Crippen LogP contribution in [0.1, 0.15) is 18.4 Å². The number of amides is 2. The van der Waals surface area contributed by atoms with Gasteiger partial charge in [-0.05, 0) is 37.0 Å². The summed E-state index contributed by atoms with van der Waals surface area (Å²) in [5.74, 6) is -2.79. The monoisotopic (exact) mass is 428 g/mol. The van der Waals surface area contributed by atoms with Gasteiger partial charge in [0.15, 0.2) is 0 Å². The second kappa shape index (κ2) is 8.47. The SMILES string of the molecule is COc1ccccc1C1=C(N2CCCC(CO)C2)C(=O)N(c2cc(F)ccc2F)C1=O. The Labute approximate surface area is 178 Å². The molecule has 2 aromatic rings. The Morgan fingerprint density at radius 1 is 1.13 bits per heavy atom. The van der Waals surface area contributed by atoms with Gasteiger partial charge in [0.1, 0.15) is 23.1 Å². The van der Waals surface area contributed by atoms with Crippen molar-refractivity contribution in [2.75, 3.05) is 31.7 Å². The van der Waals surface area contributed by atoms with Gasteiger partial charge in [0, 0.05) is 31.3 Å². The van der Waals surface area contributed by atoms with Crippen LogP contribution in [0.5, 0.6) is 5.75 Å². The Bertz CT molecular complexity index is 1070. The van der Waals surface area contributed by atoms with Crippen molar-refractivity contribution in [3.05, 3.63) is 65.4 Å². The van der Waals surface area contributed by atoms with Crippen LogP contribution < -0.4 is 9.64 Å². The third kappa shape index (κ3) is 3.67. The fourth-order valence-corrected chi connectivity index (χ4v) is 4.20. The van der Waals surface area contributed by atoms with E-state index in [9.17, 15) is 23.5 Å². The van der Waals surface area contributed by atoms with Crippen molar-refractivity contribution in [2.24, 2.45) is 5.92 Å². The number of likely N-dealkylation sites (tertiary alicyclic amines) is 1. The summed E-state index contributed by atoms with van der Waals surface area (Å²) in [4.78, 5) is 29.4. The van der Waals surface area contributed by atoms with E-state index in [0.717, 1.165) is 31.0 Å². The Hall–Kier alpha value is -3.26. The number of hydrogen-bond acceptors (Lipinski definition) is 5. The number of benzene rings is 2. The summed E-state index contributed by atoms with van der Waals surface area (Å²) in [7, 11) is 1.45. The van der Waals surface area contributed by atoms with E-state index in [2.05, 4.69) is 0 Å². The zero-order valence-corrected chi connectivity index (χ0v) is 17.0. The molecule has 2 aliphatic heterocycles. The Morgan fingerprint density at radius 2 is 1.90 bits per heavy atom. The number of imide groups is 1. The van der Waals surface area contributed by atoms with Gasteiger partial charge in [-0.25, -0.2) is 13.7 Å². The first-order valence-corrected chi connectivity index (χ1v) is 10.0. The Morgan fingerprint density at radius 3 is 2.65 bits per heavy atom. The van der Waals surface area contributed by atoms with E-state index in [-0.39, 0.29) is 23.8 Å². The molecule has 4 rings (SSSR count). The van der Waals surface area contributed by atoms with Crippen molar-refractivity contribution in [1.29, 1.82) is 0 Å². The minimum atomic E-state index is -0.879. The summed E-state index contributed by atoms with van der Waals surface area (Å²) in [6.07, 6.45) is 1.53. The van der Waals surface area contributed by atoms with Crippen molar-refractivity contribution in [2.45, 2.75) is 12.8 Å². The molecule has 1 unspecified atom stereocenters. The van der Waals surface area contributed by atoms with Crippen molar-refractivity contribution >= 4 is 23.1 Å². The minimum absolute atomic E-state index is 0.0435. The summed E-state index contributed by atoms with van der Waals surface area (Å²) >= 11 is 0. The number of hydrogen-bond donors (Lipinski definition) is 1. The minimum Gasteiger partial charge on any atom is -0.496 e. The van der Waals surface area contributed by atoms with Gasteiger partial charge in [-0.3, -0.25) is 9.59 Å². The predicted molar refractivity (Wildman–Crippen MR) is 110 cm³/mol. The summed E-state index contributed by atoms with van der Waals surface area (Å²) in [5, 5.41) is 9.62. The molecular formula is C23H22F2N2O4. The normalized spacial score (nSPS) is 19.4. The van der Waals surface area contributed by atoms with Crippen molar-refractivity contribution in [3.63, 3.8) is 0 Å². The Kier molecular flexibility index (Phi) is 5.73. The zero-order chi connectivity index (χ0) is 22.1. The number of methoxy groups -OCH3 is 1. The molecule has 0 aliphatic carbocycles. The molecule has 1 atom stereocenters. The fraction of sp³-hybridized carbons (Fsp3) is 0.304. The predicted octanol–water partition coefficient (Wildman–Crippen LogP) is 2.96. The molecule has 1 N–H and O–H groups in total. The molecule has 1 fully saturated rings. The van der Waals surface area contributed by atoms with Crippen LogP contribution in [0, 0.1) is 17.6 Å². The molecule has 0 saturated carbocycles. The fourth-order valence-electron chi connectivity index (χ4n) is 4.20. The summed E-state index contributed by atoms with van der Waals surface area (Å²) in [5.41, 5.74) is 0.137. The van der Waals surface area contributed by atoms with Gasteiger partial charge in [0.25, 0.3) is 11.8 Å². The number of rotatable bonds is 5. The lowest BCUT2D eigenvalue weighted by atomic mass is 9.96. The van der Waals surface area contributed by atoms with E-state index in [1.165, 1.54) is 7.11 Å². The van der Waals surface area contributed by atoms with E-state index in [1.54, 1.807) is 29.2 Å². The van der Waals surface area contributed by atoms with Crippen LogP contribution in [0.25, 0.3) is 5.57 Å². The van der Waals surface area contributed by atoms with E-state index in [4.69, 9.17) is 4.74 Å². The van der Waals surface area contributed by atoms with Crippen LogP contribution in [0.15, 0.2) is 48.2 Å². The van der Waals surface area contributed by atoms with E-state index in [1.807, 2.05) is 0 Å². The quantitative estimate of drug-likeness (QED) is 0.742. The summed E-state index contributed by atoms with van der Waals surface area (Å²) in [6, 6.07) is 9.40. The maximum absolute atomic E-state index is 14.5. The number of anilines is 1. The van der Waals surface area contributed by atoms with Crippen molar-refractivity contribution in [1.82, 2.24) is 4.90 Å². The third-order valence-electron chi connectivity index (χ3n) is 5.68. The van der Waals surface area contributed by atoms with Crippen LogP contribution in [0.2, 0.25) is 0 Å². The molecule has 0 aromatic heterocycles. The molecule has 162 valence electrons. The smallest absolute Gasteiger partial charge is 0.282 e. The van der Waals surface area contributed by atoms with Gasteiger partial charge in [-0.15, -0.1) is 0 Å². The number of nitrogens with zero attached hydrogens (tertiary/aromatic N) is 2. The summed E-state index contributed by atoms with van der Waals surface area (Å²) in [6.45, 7) is 0.837. The van der Waals surface area contributed by atoms with Crippen LogP contribution in [-0.4, -0.2) is 48.6 Å². The zero-order valence-electron chi connectivity index (χ0n) is 17.0. The first-order chi connectivity index (χ1) is 15.0. The van der Waals surface area contributed by atoms with E-state index >= 15 is 0 Å². The molecule has 6 nitrogen and oxygen atoms in total. The maximum Gasteiger partial charge on any atom is 0.282 e. The highest BCUT2D eigenvalue weighted by atomic mass is 19.1. The number of aliphatic hydroxyl groups is 1. The molecule has 0 spiro atoms. The van der Waals surface area contributed by atoms with Crippen LogP contribution in [-0.2, 0) is 9.59 Å². The van der Waals surface area contributed by atoms with Gasteiger partial charge < -0.3 is 14.7 Å². The average Bonchev–Trinajstić information content (AvgIpc) is 3.05. The van der Waals surface area contributed by atoms with Gasteiger partial charge in [0.2, 0.25) is 0 Å². The highest BCUT2D eigenvalue weighted by Gasteiger charge is 2.45. The lowest BCUT2D eigenvalue weighted by Gasteiger charge is -2.34. The standard InChI is InChI=1S/C23H22F2N2O4/c1-31-19-7-3-2-6-16(19)20-21(26-10-4-5-14(12-26)13-28)23(30)27(22(20)29)18-11-15(24)8-9-17(18)25/h2-3,6-9,11,14,28H,4-5,10,12-13H2,1H3. The number of halogens is 2. The van der Waals surface area contributed by atoms with Gasteiger partial charge in [0.05, 0.1) is 18.4 Å². The molecule has 8 heteroatoms. The van der Waals surface area contributed by atoms with Crippen molar-refractivity contribution in [3.8, 4) is 5.75 Å². The van der Waals surface area contributed by atoms with Gasteiger partial charge in [-0.2, -0.15) is 0 Å². The van der Waals surface area contributed by atoms with E-state index in [0.29, 0.717) is 29.3 Å². The first kappa shape index (κ1) is 21.0. The second-order valence-electron chi connectivity index (χ2n) is 7.60.